The molecule has 1 aliphatic carbocycles. The first-order chi connectivity index (χ1) is 17.6. The molecule has 0 N–H and O–H groups in total. The number of hydrogen-bond acceptors (Lipinski definition) is 6. The molecule has 0 spiro atoms. The first kappa shape index (κ1) is 22.9. The number of pyridine rings is 1. The van der Waals surface area contributed by atoms with Crippen molar-refractivity contribution >= 4 is 38.7 Å². The first-order valence-electron chi connectivity index (χ1n) is 12.3. The highest BCUT2D eigenvalue weighted by Gasteiger charge is 2.34. The predicted molar refractivity (Wildman–Crippen MR) is 143 cm³/mol. The molecule has 0 bridgehead atoms. The minimum atomic E-state index is -0.369. The third-order valence-electron chi connectivity index (χ3n) is 6.74. The van der Waals surface area contributed by atoms with Crippen molar-refractivity contribution in [2.45, 2.75) is 38.3 Å². The van der Waals surface area contributed by atoms with Crippen molar-refractivity contribution in [1.82, 2.24) is 19.9 Å². The summed E-state index contributed by atoms with van der Waals surface area (Å²) in [7, 11) is 0. The Morgan fingerprint density at radius 1 is 1.00 bits per heavy atom. The Bertz CT molecular complexity index is 1420. The van der Waals surface area contributed by atoms with Crippen molar-refractivity contribution in [2.75, 3.05) is 18.0 Å². The molecule has 36 heavy (non-hydrogen) atoms. The lowest BCUT2D eigenvalue weighted by Crippen LogP contribution is -2.35. The van der Waals surface area contributed by atoms with Crippen LogP contribution in [0, 0.1) is 0 Å². The second kappa shape index (κ2) is 9.85. The van der Waals surface area contributed by atoms with Crippen molar-refractivity contribution in [3.05, 3.63) is 77.2 Å². The Labute approximate surface area is 218 Å². The number of anilines is 1. The Morgan fingerprint density at radius 2 is 1.81 bits per heavy atom. The van der Waals surface area contributed by atoms with Crippen LogP contribution in [0.2, 0.25) is 0 Å². The summed E-state index contributed by atoms with van der Waals surface area (Å²) in [6.07, 6.45) is 5.67. The Balaban J connectivity index is 1.26. The van der Waals surface area contributed by atoms with Gasteiger partial charge in [0.2, 0.25) is 5.88 Å². The zero-order valence-electron chi connectivity index (χ0n) is 19.8. The highest BCUT2D eigenvalue weighted by Crippen LogP contribution is 2.32. The molecule has 8 heteroatoms. The van der Waals surface area contributed by atoms with Crippen molar-refractivity contribution in [3.63, 3.8) is 0 Å². The fourth-order valence-corrected chi connectivity index (χ4v) is 5.10. The van der Waals surface area contributed by atoms with E-state index < -0.39 is 0 Å². The van der Waals surface area contributed by atoms with Crippen molar-refractivity contribution in [3.8, 4) is 17.0 Å². The molecule has 1 saturated carbocycles. The zero-order valence-corrected chi connectivity index (χ0v) is 21.4. The number of carbonyl (C=O) groups excluding carboxylic acids is 1. The number of fused-ring (bicyclic) bond motifs is 1. The molecule has 1 amide bonds. The molecule has 2 aliphatic rings. The molecular formula is C28H26BrN5O2. The molecule has 1 saturated heterocycles. The molecule has 2 aromatic heterocycles. The summed E-state index contributed by atoms with van der Waals surface area (Å²) in [6, 6.07) is 20.2. The Hall–Kier alpha value is -3.52. The van der Waals surface area contributed by atoms with Gasteiger partial charge in [-0.1, -0.05) is 30.3 Å². The minimum absolute atomic E-state index is 0.203. The lowest BCUT2D eigenvalue weighted by molar-refractivity contribution is 0.144. The number of carbonyl (C=O) groups is 1. The van der Waals surface area contributed by atoms with Crippen LogP contribution in [-0.4, -0.2) is 45.1 Å². The van der Waals surface area contributed by atoms with Crippen LogP contribution >= 0.6 is 15.9 Å². The number of amides is 1. The number of benzene rings is 2. The number of nitrogens with zero attached hydrogens (tertiary/aromatic N) is 5. The van der Waals surface area contributed by atoms with Gasteiger partial charge in [0.15, 0.2) is 0 Å². The molecule has 3 heterocycles. The van der Waals surface area contributed by atoms with Gasteiger partial charge in [-0.15, -0.1) is 0 Å². The van der Waals surface area contributed by atoms with Crippen LogP contribution in [0.3, 0.4) is 0 Å². The number of aromatic nitrogens is 3. The van der Waals surface area contributed by atoms with Gasteiger partial charge in [0.25, 0.3) is 0 Å². The fraction of sp³-hybridized carbons (Fsp3) is 0.286. The van der Waals surface area contributed by atoms with E-state index in [1.54, 1.807) is 29.4 Å². The Kier molecular flexibility index (Phi) is 6.27. The fourth-order valence-electron chi connectivity index (χ4n) is 4.77. The minimum Gasteiger partial charge on any atom is -0.391 e. The van der Waals surface area contributed by atoms with Gasteiger partial charge in [0, 0.05) is 37.1 Å². The molecule has 4 aromatic rings. The highest BCUT2D eigenvalue weighted by molar-refractivity contribution is 9.10. The van der Waals surface area contributed by atoms with Gasteiger partial charge in [-0.2, -0.15) is 0 Å². The van der Waals surface area contributed by atoms with E-state index in [9.17, 15) is 4.79 Å². The summed E-state index contributed by atoms with van der Waals surface area (Å²) in [5.74, 6) is 1.31. The quantitative estimate of drug-likeness (QED) is 0.269. The van der Waals surface area contributed by atoms with Gasteiger partial charge in [0.1, 0.15) is 16.7 Å². The number of halogens is 1. The molecule has 0 atom stereocenters. The molecular weight excluding hydrogens is 518 g/mol. The number of rotatable bonds is 6. The number of ether oxygens (including phenoxy) is 1. The van der Waals surface area contributed by atoms with Gasteiger partial charge in [0.05, 0.1) is 5.52 Å². The van der Waals surface area contributed by atoms with Crippen LogP contribution in [0.15, 0.2) is 71.6 Å². The van der Waals surface area contributed by atoms with Crippen LogP contribution in [0.25, 0.3) is 22.0 Å². The molecule has 1 aliphatic heterocycles. The maximum Gasteiger partial charge on any atom is 0.417 e. The molecule has 7 nitrogen and oxygen atoms in total. The predicted octanol–water partition coefficient (Wildman–Crippen LogP) is 6.22. The summed E-state index contributed by atoms with van der Waals surface area (Å²) >= 11 is 3.33. The molecule has 2 aromatic carbocycles. The summed E-state index contributed by atoms with van der Waals surface area (Å²) in [5.41, 5.74) is 4.22. The summed E-state index contributed by atoms with van der Waals surface area (Å²) in [6.45, 7) is 2.56. The smallest absolute Gasteiger partial charge is 0.391 e. The second-order valence-electron chi connectivity index (χ2n) is 9.35. The lowest BCUT2D eigenvalue weighted by Gasteiger charge is -2.22. The van der Waals surface area contributed by atoms with Gasteiger partial charge in [-0.25, -0.2) is 19.7 Å². The van der Waals surface area contributed by atoms with Crippen LogP contribution < -0.4 is 9.64 Å². The maximum absolute atomic E-state index is 13.0. The average Bonchev–Trinajstić information content (AvgIpc) is 3.59. The van der Waals surface area contributed by atoms with E-state index in [0.29, 0.717) is 17.0 Å². The zero-order chi connectivity index (χ0) is 24.5. The van der Waals surface area contributed by atoms with E-state index in [1.807, 2.05) is 6.07 Å². The van der Waals surface area contributed by atoms with Crippen LogP contribution in [0.5, 0.6) is 5.88 Å². The van der Waals surface area contributed by atoms with Crippen molar-refractivity contribution in [1.29, 1.82) is 0 Å². The second-order valence-corrected chi connectivity index (χ2v) is 10.2. The van der Waals surface area contributed by atoms with Gasteiger partial charge in [-0.3, -0.25) is 0 Å². The third kappa shape index (κ3) is 4.91. The topological polar surface area (TPSA) is 71.5 Å². The lowest BCUT2D eigenvalue weighted by atomic mass is 10.0. The van der Waals surface area contributed by atoms with Crippen molar-refractivity contribution in [2.24, 2.45) is 0 Å². The van der Waals surface area contributed by atoms with E-state index in [1.165, 1.54) is 12.8 Å². The van der Waals surface area contributed by atoms with Crippen molar-refractivity contribution < 1.29 is 9.53 Å². The average molecular weight is 544 g/mol. The van der Waals surface area contributed by atoms with Crippen LogP contribution in [0.4, 0.5) is 10.6 Å². The normalized spacial score (nSPS) is 15.3. The van der Waals surface area contributed by atoms with E-state index >= 15 is 0 Å². The first-order valence-corrected chi connectivity index (χ1v) is 13.1. The van der Waals surface area contributed by atoms with Crippen LogP contribution in [-0.2, 0) is 6.54 Å². The van der Waals surface area contributed by atoms with Crippen LogP contribution in [0.1, 0.15) is 31.2 Å². The molecule has 6 rings (SSSR count). The molecule has 2 fully saturated rings. The highest BCUT2D eigenvalue weighted by atomic mass is 79.9. The monoisotopic (exact) mass is 543 g/mol. The molecule has 0 radical (unpaired) electrons. The summed E-state index contributed by atoms with van der Waals surface area (Å²) < 4.78 is 6.21. The standard InChI is InChI=1S/C28H26BrN5O2/c29-25-7-4-8-26(32-25)36-28(35)34(22-10-11-22)17-19-5-3-6-20(15-19)21-9-12-24-23(16-21)27(31-18-30-24)33-13-1-2-14-33/h3-9,12,15-16,18,22H,1-2,10-11,13-14,17H2. The summed E-state index contributed by atoms with van der Waals surface area (Å²) in [4.78, 5) is 30.5. The van der Waals surface area contributed by atoms with E-state index in [0.717, 1.165) is 59.3 Å². The largest absolute Gasteiger partial charge is 0.417 e. The maximum atomic E-state index is 13.0. The number of hydrogen-bond donors (Lipinski definition) is 0. The van der Waals surface area contributed by atoms with Gasteiger partial charge >= 0.3 is 6.09 Å². The van der Waals surface area contributed by atoms with E-state index in [-0.39, 0.29) is 12.1 Å². The van der Waals surface area contributed by atoms with E-state index in [4.69, 9.17) is 4.74 Å². The molecule has 182 valence electrons. The van der Waals surface area contributed by atoms with Gasteiger partial charge < -0.3 is 14.5 Å². The SMILES string of the molecule is O=C(Oc1cccc(Br)n1)N(Cc1cccc(-c2ccc3ncnc(N4CCCC4)c3c2)c1)C1CC1. The van der Waals surface area contributed by atoms with E-state index in [2.05, 4.69) is 72.2 Å². The summed E-state index contributed by atoms with van der Waals surface area (Å²) in [5, 5.41) is 1.08. The molecule has 0 unspecified atom stereocenters. The Morgan fingerprint density at radius 3 is 2.61 bits per heavy atom. The van der Waals surface area contributed by atoms with Gasteiger partial charge in [-0.05, 0) is 82.6 Å². The third-order valence-corrected chi connectivity index (χ3v) is 7.18.